The number of unbranched alkanes of at least 4 members (excludes halogenated alkanes) is 2. The lowest BCUT2D eigenvalue weighted by Crippen LogP contribution is -2.23. The largest absolute Gasteiger partial charge is 0.497 e. The summed E-state index contributed by atoms with van der Waals surface area (Å²) in [6, 6.07) is 5.63. The van der Waals surface area contributed by atoms with Gasteiger partial charge in [0.25, 0.3) is 0 Å². The van der Waals surface area contributed by atoms with Gasteiger partial charge in [-0.3, -0.25) is 4.79 Å². The van der Waals surface area contributed by atoms with E-state index in [1.165, 1.54) is 0 Å². The molecule has 5 heteroatoms. The molecule has 0 unspecified atom stereocenters. The number of amides is 1. The van der Waals surface area contributed by atoms with Gasteiger partial charge in [0.15, 0.2) is 0 Å². The van der Waals surface area contributed by atoms with E-state index in [0.29, 0.717) is 25.5 Å². The summed E-state index contributed by atoms with van der Waals surface area (Å²) in [6.07, 6.45) is 3.64. The van der Waals surface area contributed by atoms with Crippen molar-refractivity contribution in [2.75, 3.05) is 19.6 Å². The molecule has 21 heavy (non-hydrogen) atoms. The predicted molar refractivity (Wildman–Crippen MR) is 85.2 cm³/mol. The van der Waals surface area contributed by atoms with Gasteiger partial charge in [-0.1, -0.05) is 19.8 Å². The highest BCUT2D eigenvalue weighted by molar-refractivity contribution is 6.18. The first-order valence-electron chi connectivity index (χ1n) is 7.33. The Hall–Kier alpha value is -1.42. The molecule has 118 valence electrons. The van der Waals surface area contributed by atoms with Crippen LogP contribution in [0.2, 0.25) is 0 Å². The van der Waals surface area contributed by atoms with Crippen LogP contribution in [0.3, 0.4) is 0 Å². The molecule has 0 aromatic heterocycles. The highest BCUT2D eigenvalue weighted by Crippen LogP contribution is 2.25. The van der Waals surface area contributed by atoms with E-state index in [4.69, 9.17) is 21.1 Å². The fraction of sp³-hybridized carbons (Fsp3) is 0.562. The van der Waals surface area contributed by atoms with Gasteiger partial charge in [-0.25, -0.2) is 0 Å². The number of hydrogen-bond acceptors (Lipinski definition) is 3. The Labute approximate surface area is 131 Å². The Morgan fingerprint density at radius 2 is 2.14 bits per heavy atom. The zero-order valence-corrected chi connectivity index (χ0v) is 13.5. The van der Waals surface area contributed by atoms with Crippen LogP contribution in [0.25, 0.3) is 0 Å². The maximum atomic E-state index is 11.5. The summed E-state index contributed by atoms with van der Waals surface area (Å²) in [5, 5.41) is 2.84. The number of halogens is 1. The van der Waals surface area contributed by atoms with Crippen molar-refractivity contribution in [1.29, 1.82) is 0 Å². The van der Waals surface area contributed by atoms with E-state index in [0.717, 1.165) is 36.3 Å². The van der Waals surface area contributed by atoms with Crippen LogP contribution in [0.5, 0.6) is 11.5 Å². The molecule has 0 aliphatic rings. The molecule has 0 fully saturated rings. The van der Waals surface area contributed by atoms with Gasteiger partial charge in [0.1, 0.15) is 11.5 Å². The summed E-state index contributed by atoms with van der Waals surface area (Å²) < 4.78 is 11.0. The van der Waals surface area contributed by atoms with E-state index < -0.39 is 0 Å². The highest BCUT2D eigenvalue weighted by atomic mass is 35.5. The molecule has 4 nitrogen and oxygen atoms in total. The smallest absolute Gasteiger partial charge is 0.221 e. The minimum atomic E-state index is -0.0576. The molecule has 0 bridgehead atoms. The lowest BCUT2D eigenvalue weighted by molar-refractivity contribution is -0.120. The molecule has 0 saturated carbocycles. The molecule has 1 aromatic carbocycles. The molecule has 1 N–H and O–H groups in total. The number of carbonyl (C=O) groups is 1. The van der Waals surface area contributed by atoms with E-state index in [2.05, 4.69) is 12.2 Å². The summed E-state index contributed by atoms with van der Waals surface area (Å²) in [4.78, 5) is 11.5. The third kappa shape index (κ3) is 6.71. The monoisotopic (exact) mass is 313 g/mol. The molecule has 1 aromatic rings. The van der Waals surface area contributed by atoms with Crippen molar-refractivity contribution in [1.82, 2.24) is 5.32 Å². The minimum absolute atomic E-state index is 0.0576. The van der Waals surface area contributed by atoms with Crippen molar-refractivity contribution in [2.24, 2.45) is 0 Å². The normalized spacial score (nSPS) is 10.2. The van der Waals surface area contributed by atoms with Gasteiger partial charge in [-0.05, 0) is 18.6 Å². The zero-order valence-electron chi connectivity index (χ0n) is 12.8. The molecule has 0 aliphatic carbocycles. The van der Waals surface area contributed by atoms with Gasteiger partial charge < -0.3 is 14.8 Å². The molecule has 0 atom stereocenters. The Morgan fingerprint density at radius 1 is 1.33 bits per heavy atom. The molecular formula is C16H24ClNO3. The predicted octanol–water partition coefficient (Wildman–Crippen LogP) is 3.51. The second-order valence-electron chi connectivity index (χ2n) is 4.74. The van der Waals surface area contributed by atoms with Gasteiger partial charge >= 0.3 is 0 Å². The lowest BCUT2D eigenvalue weighted by Gasteiger charge is -2.13. The van der Waals surface area contributed by atoms with E-state index in [1.807, 2.05) is 18.2 Å². The first-order chi connectivity index (χ1) is 10.2. The van der Waals surface area contributed by atoms with Crippen molar-refractivity contribution in [2.45, 2.75) is 39.2 Å². The zero-order chi connectivity index (χ0) is 15.5. The molecule has 1 amide bonds. The van der Waals surface area contributed by atoms with Crippen molar-refractivity contribution in [3.8, 4) is 11.5 Å². The van der Waals surface area contributed by atoms with Crippen molar-refractivity contribution < 1.29 is 14.3 Å². The summed E-state index contributed by atoms with van der Waals surface area (Å²) in [5.41, 5.74) is 0.940. The molecule has 0 radical (unpaired) electrons. The lowest BCUT2D eigenvalue weighted by atomic mass is 10.2. The van der Waals surface area contributed by atoms with Crippen LogP contribution >= 0.6 is 11.6 Å². The molecule has 0 saturated heterocycles. The Morgan fingerprint density at radius 3 is 2.81 bits per heavy atom. The Kier molecular flexibility index (Phi) is 8.67. The van der Waals surface area contributed by atoms with E-state index >= 15 is 0 Å². The second-order valence-corrected chi connectivity index (χ2v) is 5.12. The fourth-order valence-corrected chi connectivity index (χ4v) is 2.02. The van der Waals surface area contributed by atoms with Gasteiger partial charge in [0.05, 0.1) is 13.7 Å². The molecule has 0 aliphatic heterocycles. The van der Waals surface area contributed by atoms with E-state index in [-0.39, 0.29) is 5.91 Å². The highest BCUT2D eigenvalue weighted by Gasteiger charge is 2.08. The topological polar surface area (TPSA) is 47.6 Å². The Bertz CT molecular complexity index is 438. The standard InChI is InChI=1S/C16H24ClNO3/c1-3-4-5-10-21-15-11-14(20-2)7-6-13(15)12-18-16(19)8-9-17/h6-7,11H,3-5,8-10,12H2,1-2H3,(H,18,19). The van der Waals surface area contributed by atoms with Crippen LogP contribution in [0, 0.1) is 0 Å². The quantitative estimate of drug-likeness (QED) is 0.531. The summed E-state index contributed by atoms with van der Waals surface area (Å²) >= 11 is 5.55. The van der Waals surface area contributed by atoms with Crippen LogP contribution in [0.15, 0.2) is 18.2 Å². The maximum absolute atomic E-state index is 11.5. The minimum Gasteiger partial charge on any atom is -0.497 e. The van der Waals surface area contributed by atoms with Crippen molar-refractivity contribution >= 4 is 17.5 Å². The molecule has 0 spiro atoms. The van der Waals surface area contributed by atoms with Crippen LogP contribution in [0.1, 0.15) is 38.2 Å². The van der Waals surface area contributed by atoms with Gasteiger partial charge in [0.2, 0.25) is 5.91 Å². The van der Waals surface area contributed by atoms with Crippen molar-refractivity contribution in [3.63, 3.8) is 0 Å². The number of methoxy groups -OCH3 is 1. The van der Waals surface area contributed by atoms with E-state index in [1.54, 1.807) is 7.11 Å². The number of benzene rings is 1. The third-order valence-corrected chi connectivity index (χ3v) is 3.27. The maximum Gasteiger partial charge on any atom is 0.221 e. The second kappa shape index (κ2) is 10.3. The SMILES string of the molecule is CCCCCOc1cc(OC)ccc1CNC(=O)CCCl. The molecule has 0 heterocycles. The summed E-state index contributed by atoms with van der Waals surface area (Å²) in [6.45, 7) is 3.26. The summed E-state index contributed by atoms with van der Waals surface area (Å²) in [5.74, 6) is 1.78. The van der Waals surface area contributed by atoms with Crippen LogP contribution in [-0.4, -0.2) is 25.5 Å². The van der Waals surface area contributed by atoms with Crippen LogP contribution in [0.4, 0.5) is 0 Å². The number of ether oxygens (including phenoxy) is 2. The number of alkyl halides is 1. The average molecular weight is 314 g/mol. The van der Waals surface area contributed by atoms with Gasteiger partial charge in [0, 0.05) is 30.5 Å². The number of nitrogens with one attached hydrogen (secondary N) is 1. The molecule has 1 rings (SSSR count). The fourth-order valence-electron chi connectivity index (χ4n) is 1.84. The molecular weight excluding hydrogens is 290 g/mol. The third-order valence-electron chi connectivity index (χ3n) is 3.08. The average Bonchev–Trinajstić information content (AvgIpc) is 2.50. The van der Waals surface area contributed by atoms with Crippen LogP contribution in [-0.2, 0) is 11.3 Å². The first-order valence-corrected chi connectivity index (χ1v) is 7.87. The van der Waals surface area contributed by atoms with E-state index in [9.17, 15) is 4.79 Å². The van der Waals surface area contributed by atoms with Crippen molar-refractivity contribution in [3.05, 3.63) is 23.8 Å². The number of carbonyl (C=O) groups excluding carboxylic acids is 1. The number of rotatable bonds is 10. The van der Waals surface area contributed by atoms with Gasteiger partial charge in [-0.15, -0.1) is 11.6 Å². The Balaban J connectivity index is 2.64. The van der Waals surface area contributed by atoms with Crippen LogP contribution < -0.4 is 14.8 Å². The van der Waals surface area contributed by atoms with Gasteiger partial charge in [-0.2, -0.15) is 0 Å². The summed E-state index contributed by atoms with van der Waals surface area (Å²) in [7, 11) is 1.62. The first kappa shape index (κ1) is 17.6. The number of hydrogen-bond donors (Lipinski definition) is 1.